The van der Waals surface area contributed by atoms with E-state index in [9.17, 15) is 0 Å². The summed E-state index contributed by atoms with van der Waals surface area (Å²) in [6.45, 7) is 9.20. The number of hydrogen-bond donors (Lipinski definition) is 1. The number of benzene rings is 2. The van der Waals surface area contributed by atoms with Crippen LogP contribution in [0.25, 0.3) is 0 Å². The molecule has 22 heavy (non-hydrogen) atoms. The lowest BCUT2D eigenvalue weighted by molar-refractivity contribution is 0.297. The fourth-order valence-electron chi connectivity index (χ4n) is 2.29. The fourth-order valence-corrected chi connectivity index (χ4v) is 2.43. The first-order chi connectivity index (χ1) is 10.3. The second-order valence-electron chi connectivity index (χ2n) is 6.60. The van der Waals surface area contributed by atoms with Crippen molar-refractivity contribution in [2.45, 2.75) is 39.7 Å². The summed E-state index contributed by atoms with van der Waals surface area (Å²) in [4.78, 5) is 0.418. The monoisotopic (exact) mass is 313 g/mol. The molecule has 116 valence electrons. The summed E-state index contributed by atoms with van der Waals surface area (Å²) in [5.41, 5.74) is 10.1. The molecule has 0 aliphatic carbocycles. The van der Waals surface area contributed by atoms with Crippen LogP contribution >= 0.6 is 12.2 Å². The Labute approximate surface area is 138 Å². The Morgan fingerprint density at radius 1 is 1.09 bits per heavy atom. The summed E-state index contributed by atoms with van der Waals surface area (Å²) in [6.07, 6.45) is 0. The van der Waals surface area contributed by atoms with Gasteiger partial charge in [-0.05, 0) is 35.1 Å². The molecule has 2 aromatic rings. The average Bonchev–Trinajstić information content (AvgIpc) is 2.44. The van der Waals surface area contributed by atoms with Crippen molar-refractivity contribution in [2.75, 3.05) is 0 Å². The van der Waals surface area contributed by atoms with Gasteiger partial charge < -0.3 is 10.5 Å². The SMILES string of the molecule is Cc1ccc(C(C)(C)C)c(OCc2ccc(C(N)=S)cc2)c1. The summed E-state index contributed by atoms with van der Waals surface area (Å²) in [7, 11) is 0. The lowest BCUT2D eigenvalue weighted by Gasteiger charge is -2.23. The summed E-state index contributed by atoms with van der Waals surface area (Å²) in [5.74, 6) is 0.950. The fraction of sp³-hybridized carbons (Fsp3) is 0.316. The van der Waals surface area contributed by atoms with E-state index in [4.69, 9.17) is 22.7 Å². The predicted octanol–water partition coefficient (Wildman–Crippen LogP) is 4.51. The molecule has 0 amide bonds. The zero-order chi connectivity index (χ0) is 16.3. The van der Waals surface area contributed by atoms with Gasteiger partial charge in [0.05, 0.1) is 0 Å². The van der Waals surface area contributed by atoms with E-state index in [1.54, 1.807) is 0 Å². The van der Waals surface area contributed by atoms with Gasteiger partial charge in [0.1, 0.15) is 17.3 Å². The number of thiocarbonyl (C=S) groups is 1. The standard InChI is InChI=1S/C19H23NOS/c1-13-5-10-16(19(2,3)4)17(11-13)21-12-14-6-8-15(9-7-14)18(20)22/h5-11H,12H2,1-4H3,(H2,20,22). The minimum atomic E-state index is 0.0542. The first kappa shape index (κ1) is 16.5. The predicted molar refractivity (Wildman–Crippen MR) is 96.5 cm³/mol. The van der Waals surface area contributed by atoms with E-state index in [-0.39, 0.29) is 5.41 Å². The third kappa shape index (κ3) is 4.08. The Morgan fingerprint density at radius 3 is 2.27 bits per heavy atom. The number of rotatable bonds is 4. The van der Waals surface area contributed by atoms with Crippen molar-refractivity contribution in [3.63, 3.8) is 0 Å². The summed E-state index contributed by atoms with van der Waals surface area (Å²) in [6, 6.07) is 14.3. The van der Waals surface area contributed by atoms with Crippen LogP contribution in [0.1, 0.15) is 43.0 Å². The van der Waals surface area contributed by atoms with E-state index in [0.717, 1.165) is 16.9 Å². The molecule has 2 aromatic carbocycles. The zero-order valence-electron chi connectivity index (χ0n) is 13.6. The Morgan fingerprint density at radius 2 is 1.73 bits per heavy atom. The van der Waals surface area contributed by atoms with Gasteiger partial charge in [0.15, 0.2) is 0 Å². The van der Waals surface area contributed by atoms with Gasteiger partial charge in [0.25, 0.3) is 0 Å². The quantitative estimate of drug-likeness (QED) is 0.844. The number of nitrogens with two attached hydrogens (primary N) is 1. The molecule has 0 saturated carbocycles. The Bertz CT molecular complexity index is 669. The van der Waals surface area contributed by atoms with E-state index >= 15 is 0 Å². The maximum Gasteiger partial charge on any atom is 0.123 e. The maximum absolute atomic E-state index is 6.07. The number of aryl methyl sites for hydroxylation is 1. The summed E-state index contributed by atoms with van der Waals surface area (Å²) >= 11 is 4.97. The van der Waals surface area contributed by atoms with Crippen LogP contribution in [0.3, 0.4) is 0 Å². The molecule has 2 nitrogen and oxygen atoms in total. The minimum absolute atomic E-state index is 0.0542. The molecule has 0 saturated heterocycles. The first-order valence-corrected chi connectivity index (χ1v) is 7.81. The van der Waals surface area contributed by atoms with Crippen LogP contribution in [0, 0.1) is 6.92 Å². The smallest absolute Gasteiger partial charge is 0.123 e. The minimum Gasteiger partial charge on any atom is -0.489 e. The average molecular weight is 313 g/mol. The zero-order valence-corrected chi connectivity index (χ0v) is 14.5. The number of hydrogen-bond acceptors (Lipinski definition) is 2. The molecular formula is C19H23NOS. The summed E-state index contributed by atoms with van der Waals surface area (Å²) < 4.78 is 6.07. The number of ether oxygens (including phenoxy) is 1. The van der Waals surface area contributed by atoms with E-state index in [0.29, 0.717) is 11.6 Å². The van der Waals surface area contributed by atoms with Gasteiger partial charge in [-0.25, -0.2) is 0 Å². The molecule has 0 bridgehead atoms. The highest BCUT2D eigenvalue weighted by Crippen LogP contribution is 2.32. The van der Waals surface area contributed by atoms with Crippen LogP contribution in [0.4, 0.5) is 0 Å². The van der Waals surface area contributed by atoms with Crippen molar-refractivity contribution >= 4 is 17.2 Å². The molecule has 0 unspecified atom stereocenters. The topological polar surface area (TPSA) is 35.2 Å². The highest BCUT2D eigenvalue weighted by Gasteiger charge is 2.19. The molecule has 2 N–H and O–H groups in total. The van der Waals surface area contributed by atoms with Crippen LogP contribution < -0.4 is 10.5 Å². The van der Waals surface area contributed by atoms with Gasteiger partial charge in [0.2, 0.25) is 0 Å². The molecule has 2 rings (SSSR count). The largest absolute Gasteiger partial charge is 0.489 e. The van der Waals surface area contributed by atoms with Gasteiger partial charge in [-0.15, -0.1) is 0 Å². The third-order valence-electron chi connectivity index (χ3n) is 3.58. The lowest BCUT2D eigenvalue weighted by atomic mass is 9.86. The molecule has 0 radical (unpaired) electrons. The van der Waals surface area contributed by atoms with E-state index in [1.807, 2.05) is 24.3 Å². The van der Waals surface area contributed by atoms with E-state index in [1.165, 1.54) is 11.1 Å². The van der Waals surface area contributed by atoms with Crippen molar-refractivity contribution in [2.24, 2.45) is 5.73 Å². The van der Waals surface area contributed by atoms with Crippen LogP contribution in [0.15, 0.2) is 42.5 Å². The van der Waals surface area contributed by atoms with Crippen molar-refractivity contribution in [3.8, 4) is 5.75 Å². The highest BCUT2D eigenvalue weighted by molar-refractivity contribution is 7.80. The van der Waals surface area contributed by atoms with Gasteiger partial charge in [-0.3, -0.25) is 0 Å². The molecule has 0 spiro atoms. The van der Waals surface area contributed by atoms with Crippen LogP contribution in [0.5, 0.6) is 5.75 Å². The van der Waals surface area contributed by atoms with Crippen molar-refractivity contribution in [1.82, 2.24) is 0 Å². The molecule has 0 atom stereocenters. The van der Waals surface area contributed by atoms with Crippen LogP contribution in [0.2, 0.25) is 0 Å². The Kier molecular flexibility index (Phi) is 4.87. The van der Waals surface area contributed by atoms with E-state index < -0.39 is 0 Å². The van der Waals surface area contributed by atoms with Gasteiger partial charge in [-0.2, -0.15) is 0 Å². The second-order valence-corrected chi connectivity index (χ2v) is 7.04. The summed E-state index contributed by atoms with van der Waals surface area (Å²) in [5, 5.41) is 0. The normalized spacial score (nSPS) is 11.3. The molecule has 0 fully saturated rings. The Balaban J connectivity index is 2.17. The van der Waals surface area contributed by atoms with Gasteiger partial charge >= 0.3 is 0 Å². The van der Waals surface area contributed by atoms with Crippen LogP contribution in [-0.2, 0) is 12.0 Å². The van der Waals surface area contributed by atoms with Gasteiger partial charge in [0, 0.05) is 5.56 Å². The molecule has 0 aliphatic heterocycles. The van der Waals surface area contributed by atoms with Gasteiger partial charge in [-0.1, -0.05) is 69.4 Å². The Hall–Kier alpha value is -1.87. The molecular weight excluding hydrogens is 290 g/mol. The molecule has 0 aliphatic rings. The second kappa shape index (κ2) is 6.49. The molecule has 0 aromatic heterocycles. The lowest BCUT2D eigenvalue weighted by Crippen LogP contribution is -2.13. The first-order valence-electron chi connectivity index (χ1n) is 7.40. The highest BCUT2D eigenvalue weighted by atomic mass is 32.1. The maximum atomic E-state index is 6.07. The van der Waals surface area contributed by atoms with Crippen LogP contribution in [-0.4, -0.2) is 4.99 Å². The van der Waals surface area contributed by atoms with E-state index in [2.05, 4.69) is 45.9 Å². The van der Waals surface area contributed by atoms with Crippen molar-refractivity contribution < 1.29 is 4.74 Å². The van der Waals surface area contributed by atoms with Crippen molar-refractivity contribution in [1.29, 1.82) is 0 Å². The third-order valence-corrected chi connectivity index (χ3v) is 3.81. The molecule has 0 heterocycles. The molecule has 3 heteroatoms. The van der Waals surface area contributed by atoms with Crippen molar-refractivity contribution in [3.05, 3.63) is 64.7 Å².